The van der Waals surface area contributed by atoms with E-state index in [1.807, 2.05) is 0 Å². The molecule has 0 N–H and O–H groups in total. The van der Waals surface area contributed by atoms with Crippen molar-refractivity contribution in [2.45, 2.75) is 31.2 Å². The number of esters is 2. The molecule has 1 amide bonds. The molecular weight excluding hydrogens is 454 g/mol. The zero-order valence-electron chi connectivity index (χ0n) is 20.5. The lowest BCUT2D eigenvalue weighted by Gasteiger charge is -2.45. The number of methoxy groups -OCH3 is 4. The molecular formula is C26H29NO8. The largest absolute Gasteiger partial charge is 0.493 e. The smallest absolute Gasteiger partial charge is 0.319 e. The van der Waals surface area contributed by atoms with Crippen molar-refractivity contribution in [1.29, 1.82) is 0 Å². The molecule has 35 heavy (non-hydrogen) atoms. The van der Waals surface area contributed by atoms with Gasteiger partial charge in [-0.05, 0) is 36.6 Å². The third-order valence-corrected chi connectivity index (χ3v) is 6.82. The molecule has 186 valence electrons. The molecule has 2 aliphatic rings. The molecule has 9 heteroatoms. The molecule has 2 aromatic rings. The molecule has 0 fully saturated rings. The van der Waals surface area contributed by atoms with E-state index in [1.54, 1.807) is 42.2 Å². The molecule has 0 saturated heterocycles. The average molecular weight is 484 g/mol. The normalized spacial score (nSPS) is 19.9. The zero-order valence-corrected chi connectivity index (χ0v) is 20.5. The Hall–Kier alpha value is -3.75. The SMILES string of the molecule is CCOC(=O)[C@]12Cc3c(cc(OC)c(OC)c3OC)[C@H]1N(CCC(=O)OC)C(=O)c1ccccc12. The average Bonchev–Trinajstić information content (AvgIpc) is 3.23. The number of carbonyl (C=O) groups excluding carboxylic acids is 3. The quantitative estimate of drug-likeness (QED) is 0.529. The Kier molecular flexibility index (Phi) is 6.60. The van der Waals surface area contributed by atoms with Gasteiger partial charge in [0.1, 0.15) is 5.41 Å². The Bertz CT molecular complexity index is 1180. The van der Waals surface area contributed by atoms with Gasteiger partial charge in [0.2, 0.25) is 5.75 Å². The van der Waals surface area contributed by atoms with Gasteiger partial charge in [-0.2, -0.15) is 0 Å². The van der Waals surface area contributed by atoms with Crippen LogP contribution >= 0.6 is 0 Å². The minimum Gasteiger partial charge on any atom is -0.493 e. The van der Waals surface area contributed by atoms with Crippen molar-refractivity contribution in [2.75, 3.05) is 41.6 Å². The zero-order chi connectivity index (χ0) is 25.3. The van der Waals surface area contributed by atoms with Gasteiger partial charge >= 0.3 is 11.9 Å². The van der Waals surface area contributed by atoms with Crippen molar-refractivity contribution in [2.24, 2.45) is 0 Å². The lowest BCUT2D eigenvalue weighted by molar-refractivity contribution is -0.153. The highest BCUT2D eigenvalue weighted by molar-refractivity contribution is 6.03. The Morgan fingerprint density at radius 1 is 1.06 bits per heavy atom. The van der Waals surface area contributed by atoms with Gasteiger partial charge in [0.15, 0.2) is 11.5 Å². The van der Waals surface area contributed by atoms with E-state index in [-0.39, 0.29) is 31.9 Å². The van der Waals surface area contributed by atoms with Crippen LogP contribution in [0.15, 0.2) is 30.3 Å². The first-order valence-corrected chi connectivity index (χ1v) is 11.4. The van der Waals surface area contributed by atoms with Gasteiger partial charge in [-0.15, -0.1) is 0 Å². The van der Waals surface area contributed by atoms with Gasteiger partial charge in [0.05, 0.1) is 47.5 Å². The monoisotopic (exact) mass is 483 g/mol. The fourth-order valence-corrected chi connectivity index (χ4v) is 5.41. The number of hydrogen-bond acceptors (Lipinski definition) is 8. The van der Waals surface area contributed by atoms with Crippen molar-refractivity contribution < 1.29 is 38.1 Å². The summed E-state index contributed by atoms with van der Waals surface area (Å²) in [4.78, 5) is 41.2. The fraction of sp³-hybridized carbons (Fsp3) is 0.423. The van der Waals surface area contributed by atoms with E-state index in [2.05, 4.69) is 0 Å². The fourth-order valence-electron chi connectivity index (χ4n) is 5.41. The van der Waals surface area contributed by atoms with Crippen LogP contribution < -0.4 is 14.2 Å². The molecule has 0 unspecified atom stereocenters. The molecule has 0 spiro atoms. The summed E-state index contributed by atoms with van der Waals surface area (Å²) in [5.41, 5.74) is 1.13. The van der Waals surface area contributed by atoms with Crippen molar-refractivity contribution >= 4 is 17.8 Å². The summed E-state index contributed by atoms with van der Waals surface area (Å²) in [6.45, 7) is 1.97. The van der Waals surface area contributed by atoms with Crippen molar-refractivity contribution in [3.63, 3.8) is 0 Å². The summed E-state index contributed by atoms with van der Waals surface area (Å²) in [7, 11) is 5.83. The van der Waals surface area contributed by atoms with Gasteiger partial charge in [-0.3, -0.25) is 14.4 Å². The molecule has 1 aliphatic heterocycles. The van der Waals surface area contributed by atoms with E-state index in [0.717, 1.165) is 5.56 Å². The predicted octanol–water partition coefficient (Wildman–Crippen LogP) is 2.83. The summed E-state index contributed by atoms with van der Waals surface area (Å²) in [5, 5.41) is 0. The maximum atomic E-state index is 13.8. The second-order valence-electron chi connectivity index (χ2n) is 8.35. The first-order chi connectivity index (χ1) is 16.9. The molecule has 0 radical (unpaired) electrons. The van der Waals surface area contributed by atoms with E-state index < -0.39 is 23.4 Å². The number of nitrogens with zero attached hydrogens (tertiary/aromatic N) is 1. The molecule has 0 aromatic heterocycles. The minimum atomic E-state index is -1.25. The summed E-state index contributed by atoms with van der Waals surface area (Å²) in [6.07, 6.45) is 0.188. The molecule has 2 aromatic carbocycles. The van der Waals surface area contributed by atoms with E-state index in [4.69, 9.17) is 23.7 Å². The number of rotatable bonds is 8. The third-order valence-electron chi connectivity index (χ3n) is 6.82. The Morgan fingerprint density at radius 3 is 2.40 bits per heavy atom. The van der Waals surface area contributed by atoms with E-state index in [1.165, 1.54) is 28.4 Å². The molecule has 0 saturated carbocycles. The van der Waals surface area contributed by atoms with Crippen LogP contribution in [-0.2, 0) is 30.9 Å². The maximum absolute atomic E-state index is 13.8. The molecule has 9 nitrogen and oxygen atoms in total. The van der Waals surface area contributed by atoms with Crippen LogP contribution in [0.2, 0.25) is 0 Å². The first kappa shape index (κ1) is 24.4. The van der Waals surface area contributed by atoms with Gasteiger partial charge in [0.25, 0.3) is 5.91 Å². The van der Waals surface area contributed by atoms with Crippen LogP contribution in [-0.4, -0.2) is 64.3 Å². The van der Waals surface area contributed by atoms with Crippen molar-refractivity contribution in [3.05, 3.63) is 52.6 Å². The third kappa shape index (κ3) is 3.57. The highest BCUT2D eigenvalue weighted by Crippen LogP contribution is 2.60. The van der Waals surface area contributed by atoms with Crippen LogP contribution in [0.5, 0.6) is 17.2 Å². The Balaban J connectivity index is 2.04. The lowest BCUT2D eigenvalue weighted by atomic mass is 9.69. The van der Waals surface area contributed by atoms with E-state index >= 15 is 0 Å². The molecule has 1 aliphatic carbocycles. The van der Waals surface area contributed by atoms with E-state index in [9.17, 15) is 14.4 Å². The van der Waals surface area contributed by atoms with Crippen LogP contribution in [0.1, 0.15) is 46.4 Å². The van der Waals surface area contributed by atoms with Crippen LogP contribution in [0.4, 0.5) is 0 Å². The summed E-state index contributed by atoms with van der Waals surface area (Å²) >= 11 is 0. The number of carbonyl (C=O) groups is 3. The second-order valence-corrected chi connectivity index (χ2v) is 8.35. The van der Waals surface area contributed by atoms with Crippen LogP contribution in [0, 0.1) is 0 Å². The summed E-state index contributed by atoms with van der Waals surface area (Å²) < 4.78 is 27.3. The number of amides is 1. The number of benzene rings is 2. The van der Waals surface area contributed by atoms with Crippen molar-refractivity contribution in [1.82, 2.24) is 4.90 Å². The van der Waals surface area contributed by atoms with Gasteiger partial charge in [0, 0.05) is 17.7 Å². The summed E-state index contributed by atoms with van der Waals surface area (Å²) in [6, 6.07) is 8.06. The highest BCUT2D eigenvalue weighted by Gasteiger charge is 2.62. The maximum Gasteiger partial charge on any atom is 0.319 e. The summed E-state index contributed by atoms with van der Waals surface area (Å²) in [5.74, 6) is 0.0358. The first-order valence-electron chi connectivity index (χ1n) is 11.4. The van der Waals surface area contributed by atoms with Gasteiger partial charge in [-0.25, -0.2) is 0 Å². The lowest BCUT2D eigenvalue weighted by Crippen LogP contribution is -2.55. The topological polar surface area (TPSA) is 101 Å². The molecule has 4 rings (SSSR count). The Morgan fingerprint density at radius 2 is 1.77 bits per heavy atom. The highest BCUT2D eigenvalue weighted by atomic mass is 16.5. The molecule has 0 bridgehead atoms. The standard InChI is InChI=1S/C26H29NO8/c1-6-35-25(30)26-14-17-16(13-19(31-2)22(34-5)21(17)33-4)23(26)27(12-11-20(28)32-3)24(29)15-9-7-8-10-18(15)26/h7-10,13,23H,6,11-12,14H2,1-5H3/t23-,26+/m1/s1. The van der Waals surface area contributed by atoms with E-state index in [0.29, 0.717) is 33.9 Å². The Labute approximate surface area is 203 Å². The van der Waals surface area contributed by atoms with Crippen LogP contribution in [0.3, 0.4) is 0 Å². The number of fused-ring (bicyclic) bond motifs is 5. The second kappa shape index (κ2) is 9.48. The van der Waals surface area contributed by atoms with Crippen molar-refractivity contribution in [3.8, 4) is 17.2 Å². The van der Waals surface area contributed by atoms with Gasteiger partial charge in [-0.1, -0.05) is 18.2 Å². The number of ether oxygens (including phenoxy) is 5. The number of hydrogen-bond donors (Lipinski definition) is 0. The van der Waals surface area contributed by atoms with Gasteiger partial charge < -0.3 is 28.6 Å². The molecule has 1 heterocycles. The predicted molar refractivity (Wildman–Crippen MR) is 125 cm³/mol. The molecule has 2 atom stereocenters. The minimum absolute atomic E-state index is 0.0282. The van der Waals surface area contributed by atoms with Crippen LogP contribution in [0.25, 0.3) is 0 Å².